The Morgan fingerprint density at radius 3 is 2.63 bits per heavy atom. The van der Waals surface area contributed by atoms with Crippen molar-refractivity contribution in [3.8, 4) is 5.88 Å². The zero-order valence-electron chi connectivity index (χ0n) is 23.1. The molecule has 4 N–H and O–H groups in total. The number of carbonyl (C=O) groups excluding carboxylic acids is 1. The molecule has 12 heteroatoms. The molecule has 1 amide bonds. The van der Waals surface area contributed by atoms with Crippen LogP contribution in [0.15, 0.2) is 59.8 Å². The summed E-state index contributed by atoms with van der Waals surface area (Å²) < 4.78 is 7.52. The van der Waals surface area contributed by atoms with Crippen molar-refractivity contribution in [1.82, 2.24) is 24.6 Å². The lowest BCUT2D eigenvalue weighted by molar-refractivity contribution is 0.102. The number of amides is 1. The Balaban J connectivity index is 1.11. The van der Waals surface area contributed by atoms with Gasteiger partial charge in [0.15, 0.2) is 0 Å². The number of carbonyl (C=O) groups is 1. The van der Waals surface area contributed by atoms with E-state index in [1.165, 1.54) is 11.9 Å². The van der Waals surface area contributed by atoms with E-state index in [0.717, 1.165) is 49.7 Å². The third kappa shape index (κ3) is 5.59. The van der Waals surface area contributed by atoms with Gasteiger partial charge in [-0.25, -0.2) is 4.98 Å². The van der Waals surface area contributed by atoms with Crippen molar-refractivity contribution >= 4 is 34.3 Å². The SMILES string of the molecule is Cc1c(Nc2cc[nH]c(=O)c2C(=O)Nc2ccc(N3CCN(Cc4ccnn4C)CC3)cc2)cnc2c1NCCO2. The fourth-order valence-electron chi connectivity index (χ4n) is 5.20. The molecule has 1 saturated heterocycles. The van der Waals surface area contributed by atoms with Gasteiger partial charge < -0.3 is 30.6 Å². The van der Waals surface area contributed by atoms with Crippen LogP contribution in [0.1, 0.15) is 21.6 Å². The van der Waals surface area contributed by atoms with Gasteiger partial charge >= 0.3 is 0 Å². The molecule has 0 aliphatic carbocycles. The first-order valence-electron chi connectivity index (χ1n) is 13.7. The Kier molecular flexibility index (Phi) is 7.30. The minimum atomic E-state index is -0.504. The molecule has 4 aromatic rings. The minimum absolute atomic E-state index is 0.0116. The van der Waals surface area contributed by atoms with Crippen LogP contribution in [0.3, 0.4) is 0 Å². The third-order valence-electron chi connectivity index (χ3n) is 7.57. The number of aromatic nitrogens is 4. The first kappa shape index (κ1) is 26.4. The van der Waals surface area contributed by atoms with E-state index in [-0.39, 0.29) is 5.56 Å². The summed E-state index contributed by atoms with van der Waals surface area (Å²) in [6.07, 6.45) is 4.98. The van der Waals surface area contributed by atoms with Gasteiger partial charge in [-0.3, -0.25) is 19.2 Å². The number of aromatic amines is 1. The number of anilines is 5. The van der Waals surface area contributed by atoms with Crippen LogP contribution >= 0.6 is 0 Å². The normalized spacial score (nSPS) is 15.0. The van der Waals surface area contributed by atoms with Crippen molar-refractivity contribution in [2.24, 2.45) is 7.05 Å². The number of ether oxygens (including phenoxy) is 1. The molecule has 1 fully saturated rings. The topological polar surface area (TPSA) is 132 Å². The second-order valence-corrected chi connectivity index (χ2v) is 10.2. The number of piperazine rings is 1. The molecule has 6 rings (SSSR count). The van der Waals surface area contributed by atoms with E-state index in [1.807, 2.05) is 49.1 Å². The molecule has 0 bridgehead atoms. The first-order chi connectivity index (χ1) is 20.0. The highest BCUT2D eigenvalue weighted by Crippen LogP contribution is 2.34. The van der Waals surface area contributed by atoms with Gasteiger partial charge in [0.2, 0.25) is 5.88 Å². The summed E-state index contributed by atoms with van der Waals surface area (Å²) >= 11 is 0. The Morgan fingerprint density at radius 1 is 1.07 bits per heavy atom. The highest BCUT2D eigenvalue weighted by atomic mass is 16.5. The quantitative estimate of drug-likeness (QED) is 0.272. The molecular weight excluding hydrogens is 522 g/mol. The molecule has 0 radical (unpaired) electrons. The number of hydrogen-bond donors (Lipinski definition) is 4. The maximum atomic E-state index is 13.3. The summed E-state index contributed by atoms with van der Waals surface area (Å²) in [4.78, 5) is 37.8. The van der Waals surface area contributed by atoms with Gasteiger partial charge in [-0.1, -0.05) is 0 Å². The number of pyridine rings is 2. The van der Waals surface area contributed by atoms with Crippen molar-refractivity contribution in [2.75, 3.05) is 60.2 Å². The average molecular weight is 556 g/mol. The van der Waals surface area contributed by atoms with Crippen LogP contribution in [0.5, 0.6) is 5.88 Å². The number of nitrogens with zero attached hydrogens (tertiary/aromatic N) is 5. The molecule has 2 aliphatic rings. The van der Waals surface area contributed by atoms with E-state index < -0.39 is 11.5 Å². The Morgan fingerprint density at radius 2 is 1.88 bits per heavy atom. The van der Waals surface area contributed by atoms with Gasteiger partial charge in [-0.15, -0.1) is 0 Å². The lowest BCUT2D eigenvalue weighted by Gasteiger charge is -2.36. The van der Waals surface area contributed by atoms with Gasteiger partial charge in [0.1, 0.15) is 17.9 Å². The number of benzene rings is 1. The Bertz CT molecular complexity index is 1600. The number of rotatable bonds is 7. The standard InChI is InChI=1S/C29H33N9O3/c1-19-24(17-32-29-26(19)30-11-16-41-29)35-23-8-9-31-27(39)25(23)28(40)34-20-3-5-21(6-4-20)38-14-12-37(13-15-38)18-22-7-10-33-36(22)2/h3-10,17,30H,11-16,18H2,1-2H3,(H,34,40)(H2,31,35,39). The summed E-state index contributed by atoms with van der Waals surface area (Å²) in [6.45, 7) is 7.79. The molecule has 212 valence electrons. The maximum absolute atomic E-state index is 13.3. The van der Waals surface area contributed by atoms with E-state index in [4.69, 9.17) is 4.74 Å². The molecule has 12 nitrogen and oxygen atoms in total. The summed E-state index contributed by atoms with van der Waals surface area (Å²) in [5.41, 5.74) is 5.14. The van der Waals surface area contributed by atoms with E-state index in [2.05, 4.69) is 46.9 Å². The molecule has 1 aromatic carbocycles. The minimum Gasteiger partial charge on any atom is -0.474 e. The van der Waals surface area contributed by atoms with Crippen LogP contribution in [-0.4, -0.2) is 69.9 Å². The fraction of sp³-hybridized carbons (Fsp3) is 0.310. The van der Waals surface area contributed by atoms with Crippen LogP contribution in [0.2, 0.25) is 0 Å². The molecule has 41 heavy (non-hydrogen) atoms. The van der Waals surface area contributed by atoms with Crippen molar-refractivity contribution in [3.63, 3.8) is 0 Å². The van der Waals surface area contributed by atoms with Crippen molar-refractivity contribution < 1.29 is 9.53 Å². The van der Waals surface area contributed by atoms with Gasteiger partial charge in [-0.2, -0.15) is 5.10 Å². The van der Waals surface area contributed by atoms with Crippen molar-refractivity contribution in [2.45, 2.75) is 13.5 Å². The van der Waals surface area contributed by atoms with Crippen LogP contribution < -0.4 is 31.1 Å². The predicted octanol–water partition coefficient (Wildman–Crippen LogP) is 2.93. The fourth-order valence-corrected chi connectivity index (χ4v) is 5.20. The number of hydrogen-bond acceptors (Lipinski definition) is 9. The van der Waals surface area contributed by atoms with Crippen LogP contribution in [-0.2, 0) is 13.6 Å². The molecule has 0 unspecified atom stereocenters. The second-order valence-electron chi connectivity index (χ2n) is 10.2. The monoisotopic (exact) mass is 555 g/mol. The maximum Gasteiger partial charge on any atom is 0.263 e. The van der Waals surface area contributed by atoms with Crippen molar-refractivity contribution in [1.29, 1.82) is 0 Å². The summed E-state index contributed by atoms with van der Waals surface area (Å²) in [6, 6.07) is 11.4. The summed E-state index contributed by atoms with van der Waals surface area (Å²) in [5.74, 6) is 0.0362. The van der Waals surface area contributed by atoms with Gasteiger partial charge in [0.05, 0.1) is 23.3 Å². The average Bonchev–Trinajstić information content (AvgIpc) is 3.39. The van der Waals surface area contributed by atoms with Gasteiger partial charge in [0, 0.05) is 75.6 Å². The molecule has 2 aliphatic heterocycles. The van der Waals surface area contributed by atoms with E-state index in [9.17, 15) is 9.59 Å². The van der Waals surface area contributed by atoms with E-state index >= 15 is 0 Å². The van der Waals surface area contributed by atoms with Crippen LogP contribution in [0.4, 0.5) is 28.4 Å². The molecule has 0 atom stereocenters. The van der Waals surface area contributed by atoms with Crippen molar-refractivity contribution in [3.05, 3.63) is 82.2 Å². The highest BCUT2D eigenvalue weighted by Gasteiger charge is 2.21. The lowest BCUT2D eigenvalue weighted by atomic mass is 10.1. The number of H-pyrrole nitrogens is 1. The third-order valence-corrected chi connectivity index (χ3v) is 7.57. The molecule has 3 aromatic heterocycles. The number of fused-ring (bicyclic) bond motifs is 1. The second kappa shape index (κ2) is 11.3. The predicted molar refractivity (Wildman–Crippen MR) is 158 cm³/mol. The highest BCUT2D eigenvalue weighted by molar-refractivity contribution is 6.08. The molecular formula is C29H33N9O3. The number of aryl methyl sites for hydroxylation is 1. The molecule has 0 spiro atoms. The Hall–Kier alpha value is -4.84. The smallest absolute Gasteiger partial charge is 0.263 e. The van der Waals surface area contributed by atoms with Crippen LogP contribution in [0, 0.1) is 6.92 Å². The van der Waals surface area contributed by atoms with Gasteiger partial charge in [0.25, 0.3) is 11.5 Å². The largest absolute Gasteiger partial charge is 0.474 e. The van der Waals surface area contributed by atoms with Gasteiger partial charge in [-0.05, 0) is 43.3 Å². The zero-order chi connectivity index (χ0) is 28.3. The summed E-state index contributed by atoms with van der Waals surface area (Å²) in [5, 5.41) is 13.6. The molecule has 5 heterocycles. The Labute approximate surface area is 237 Å². The first-order valence-corrected chi connectivity index (χ1v) is 13.7. The molecule has 0 saturated carbocycles. The van der Waals surface area contributed by atoms with Crippen LogP contribution in [0.25, 0.3) is 0 Å². The summed E-state index contributed by atoms with van der Waals surface area (Å²) in [7, 11) is 1.97. The van der Waals surface area contributed by atoms with E-state index in [1.54, 1.807) is 12.3 Å². The number of nitrogens with one attached hydrogen (secondary N) is 4. The lowest BCUT2D eigenvalue weighted by Crippen LogP contribution is -2.46. The van der Waals surface area contributed by atoms with E-state index in [0.29, 0.717) is 36.1 Å². The zero-order valence-corrected chi connectivity index (χ0v) is 23.1.